The zero-order valence-corrected chi connectivity index (χ0v) is 16.9. The van der Waals surface area contributed by atoms with Gasteiger partial charge in [0, 0.05) is 29.8 Å². The minimum Gasteiger partial charge on any atom is -0.496 e. The highest BCUT2D eigenvalue weighted by molar-refractivity contribution is 9.10. The molecular weight excluding hydrogens is 414 g/mol. The first-order chi connectivity index (χ1) is 13.0. The molecule has 7 nitrogen and oxygen atoms in total. The molecule has 0 radical (unpaired) electrons. The maximum atomic E-state index is 13.1. The Hall–Kier alpha value is -2.19. The Kier molecular flexibility index (Phi) is 6.28. The Morgan fingerprint density at radius 1 is 1.30 bits per heavy atom. The van der Waals surface area contributed by atoms with Crippen molar-refractivity contribution >= 4 is 21.8 Å². The standard InChI is InChI=1S/C19H22BrN3O4/c1-26-11-10-23-18(24)8-6-15(21-23)19(25)22-9-3-4-16(22)14-12-13(20)5-7-17(14)27-2/h5-8,12,16H,3-4,9-11H2,1-2H3. The predicted octanol–water partition coefficient (Wildman–Crippen LogP) is 2.64. The maximum absolute atomic E-state index is 13.1. The summed E-state index contributed by atoms with van der Waals surface area (Å²) >= 11 is 3.49. The number of hydrogen-bond donors (Lipinski definition) is 0. The fourth-order valence-corrected chi connectivity index (χ4v) is 3.73. The van der Waals surface area contributed by atoms with E-state index in [0.29, 0.717) is 19.7 Å². The summed E-state index contributed by atoms with van der Waals surface area (Å²) in [6.45, 7) is 1.30. The van der Waals surface area contributed by atoms with Gasteiger partial charge in [0.05, 0.1) is 26.3 Å². The van der Waals surface area contributed by atoms with Crippen LogP contribution in [0.4, 0.5) is 0 Å². The second kappa shape index (κ2) is 8.67. The van der Waals surface area contributed by atoms with Gasteiger partial charge >= 0.3 is 0 Å². The molecule has 0 spiro atoms. The summed E-state index contributed by atoms with van der Waals surface area (Å²) in [5.74, 6) is 0.562. The van der Waals surface area contributed by atoms with Crippen molar-refractivity contribution in [3.63, 3.8) is 0 Å². The minimum atomic E-state index is -0.254. The number of carbonyl (C=O) groups is 1. The van der Waals surface area contributed by atoms with Crippen molar-refractivity contribution in [2.24, 2.45) is 0 Å². The Morgan fingerprint density at radius 2 is 2.11 bits per heavy atom. The van der Waals surface area contributed by atoms with Gasteiger partial charge in [0.15, 0.2) is 0 Å². The third-order valence-electron chi connectivity index (χ3n) is 4.66. The molecule has 1 aromatic carbocycles. The van der Waals surface area contributed by atoms with Crippen molar-refractivity contribution in [3.05, 3.63) is 56.4 Å². The van der Waals surface area contributed by atoms with Crippen LogP contribution in [0.5, 0.6) is 5.75 Å². The normalized spacial score (nSPS) is 16.6. The lowest BCUT2D eigenvalue weighted by Gasteiger charge is -2.26. The van der Waals surface area contributed by atoms with Crippen LogP contribution in [0.2, 0.25) is 0 Å². The number of hydrogen-bond acceptors (Lipinski definition) is 5. The van der Waals surface area contributed by atoms with Gasteiger partial charge in [-0.05, 0) is 37.1 Å². The number of carbonyl (C=O) groups excluding carboxylic acids is 1. The number of methoxy groups -OCH3 is 2. The van der Waals surface area contributed by atoms with E-state index in [-0.39, 0.29) is 23.2 Å². The number of amides is 1. The summed E-state index contributed by atoms with van der Waals surface area (Å²) < 4.78 is 12.7. The average molecular weight is 436 g/mol. The van der Waals surface area contributed by atoms with Gasteiger partial charge < -0.3 is 14.4 Å². The van der Waals surface area contributed by atoms with Gasteiger partial charge in [-0.15, -0.1) is 0 Å². The highest BCUT2D eigenvalue weighted by Crippen LogP contribution is 2.38. The van der Waals surface area contributed by atoms with Crippen LogP contribution in [0.1, 0.15) is 34.9 Å². The van der Waals surface area contributed by atoms with Crippen molar-refractivity contribution < 1.29 is 14.3 Å². The first-order valence-electron chi connectivity index (χ1n) is 8.76. The van der Waals surface area contributed by atoms with E-state index in [0.717, 1.165) is 28.6 Å². The second-order valence-corrected chi connectivity index (χ2v) is 7.23. The Labute approximate surface area is 166 Å². The first-order valence-corrected chi connectivity index (χ1v) is 9.56. The maximum Gasteiger partial charge on any atom is 0.274 e. The minimum absolute atomic E-state index is 0.0916. The van der Waals surface area contributed by atoms with Crippen molar-refractivity contribution in [3.8, 4) is 5.75 Å². The van der Waals surface area contributed by atoms with Gasteiger partial charge in [0.1, 0.15) is 11.4 Å². The molecule has 1 aliphatic heterocycles. The molecule has 27 heavy (non-hydrogen) atoms. The van der Waals surface area contributed by atoms with Gasteiger partial charge in [0.2, 0.25) is 0 Å². The molecule has 1 fully saturated rings. The van der Waals surface area contributed by atoms with Crippen LogP contribution in [-0.2, 0) is 11.3 Å². The molecule has 2 heterocycles. The molecule has 1 aliphatic rings. The van der Waals surface area contributed by atoms with Crippen molar-refractivity contribution in [2.75, 3.05) is 27.4 Å². The second-order valence-electron chi connectivity index (χ2n) is 6.32. The van der Waals surface area contributed by atoms with Gasteiger partial charge in [0.25, 0.3) is 11.5 Å². The lowest BCUT2D eigenvalue weighted by Crippen LogP contribution is -2.34. The molecule has 8 heteroatoms. The summed E-state index contributed by atoms with van der Waals surface area (Å²) in [5, 5.41) is 4.24. The van der Waals surface area contributed by atoms with Gasteiger partial charge in [-0.25, -0.2) is 4.68 Å². The predicted molar refractivity (Wildman–Crippen MR) is 104 cm³/mol. The molecule has 0 aliphatic carbocycles. The molecule has 3 rings (SSSR count). The number of benzene rings is 1. The van der Waals surface area contributed by atoms with Crippen molar-refractivity contribution in [1.29, 1.82) is 0 Å². The van der Waals surface area contributed by atoms with E-state index >= 15 is 0 Å². The number of halogens is 1. The molecule has 0 saturated carbocycles. The smallest absolute Gasteiger partial charge is 0.274 e. The third-order valence-corrected chi connectivity index (χ3v) is 5.15. The fraction of sp³-hybridized carbons (Fsp3) is 0.421. The number of likely N-dealkylation sites (tertiary alicyclic amines) is 1. The van der Waals surface area contributed by atoms with E-state index in [1.807, 2.05) is 18.2 Å². The number of nitrogens with zero attached hydrogens (tertiary/aromatic N) is 3. The van der Waals surface area contributed by atoms with Crippen LogP contribution < -0.4 is 10.3 Å². The SMILES string of the molecule is COCCn1nc(C(=O)N2CCCC2c2cc(Br)ccc2OC)ccc1=O. The summed E-state index contributed by atoms with van der Waals surface area (Å²) in [6.07, 6.45) is 1.75. The lowest BCUT2D eigenvalue weighted by atomic mass is 10.0. The van der Waals surface area contributed by atoms with Crippen molar-refractivity contribution in [2.45, 2.75) is 25.4 Å². The molecule has 1 atom stereocenters. The molecule has 144 valence electrons. The van der Waals surface area contributed by atoms with E-state index in [9.17, 15) is 9.59 Å². The molecule has 2 aromatic rings. The van der Waals surface area contributed by atoms with E-state index in [1.165, 1.54) is 16.8 Å². The highest BCUT2D eigenvalue weighted by atomic mass is 79.9. The van der Waals surface area contributed by atoms with E-state index in [1.54, 1.807) is 19.1 Å². The van der Waals surface area contributed by atoms with E-state index in [2.05, 4.69) is 21.0 Å². The van der Waals surface area contributed by atoms with Gasteiger partial charge in [-0.1, -0.05) is 15.9 Å². The molecule has 0 bridgehead atoms. The number of rotatable bonds is 6. The van der Waals surface area contributed by atoms with E-state index < -0.39 is 0 Å². The molecular formula is C19H22BrN3O4. The molecule has 1 saturated heterocycles. The Balaban J connectivity index is 1.90. The number of aromatic nitrogens is 2. The summed E-state index contributed by atoms with van der Waals surface area (Å²) in [4.78, 5) is 26.8. The molecule has 1 unspecified atom stereocenters. The monoisotopic (exact) mass is 435 g/mol. The van der Waals surface area contributed by atoms with Crippen LogP contribution in [0, 0.1) is 0 Å². The van der Waals surface area contributed by atoms with Crippen LogP contribution in [0.15, 0.2) is 39.6 Å². The first kappa shape index (κ1) is 19.6. The fourth-order valence-electron chi connectivity index (χ4n) is 3.35. The number of ether oxygens (including phenoxy) is 2. The molecule has 1 aromatic heterocycles. The largest absolute Gasteiger partial charge is 0.496 e. The zero-order valence-electron chi connectivity index (χ0n) is 15.4. The van der Waals surface area contributed by atoms with Crippen LogP contribution in [0.3, 0.4) is 0 Å². The molecule has 0 N–H and O–H groups in total. The van der Waals surface area contributed by atoms with Gasteiger partial charge in [-0.2, -0.15) is 5.10 Å². The summed E-state index contributed by atoms with van der Waals surface area (Å²) in [7, 11) is 3.18. The van der Waals surface area contributed by atoms with Crippen molar-refractivity contribution in [1.82, 2.24) is 14.7 Å². The summed E-state index contributed by atoms with van der Waals surface area (Å²) in [6, 6.07) is 8.57. The topological polar surface area (TPSA) is 73.7 Å². The van der Waals surface area contributed by atoms with Gasteiger partial charge in [-0.3, -0.25) is 9.59 Å². The Morgan fingerprint density at radius 3 is 2.85 bits per heavy atom. The van der Waals surface area contributed by atoms with E-state index in [4.69, 9.17) is 9.47 Å². The highest BCUT2D eigenvalue weighted by Gasteiger charge is 2.33. The quantitative estimate of drug-likeness (QED) is 0.696. The third kappa shape index (κ3) is 4.22. The average Bonchev–Trinajstić information content (AvgIpc) is 3.16. The zero-order chi connectivity index (χ0) is 19.4. The Bertz CT molecular complexity index is 883. The molecule has 1 amide bonds. The van der Waals surface area contributed by atoms with Crippen LogP contribution >= 0.6 is 15.9 Å². The lowest BCUT2D eigenvalue weighted by molar-refractivity contribution is 0.0724. The van der Waals surface area contributed by atoms with Crippen LogP contribution in [0.25, 0.3) is 0 Å². The van der Waals surface area contributed by atoms with Crippen LogP contribution in [-0.4, -0.2) is 48.0 Å². The summed E-state index contributed by atoms with van der Waals surface area (Å²) in [5.41, 5.74) is 0.965.